The molecule has 4 atom stereocenters. The maximum absolute atomic E-state index is 13.9. The zero-order valence-electron chi connectivity index (χ0n) is 20.7. The lowest BCUT2D eigenvalue weighted by Gasteiger charge is -2.41. The quantitative estimate of drug-likeness (QED) is 0.581. The number of nitriles is 1. The van der Waals surface area contributed by atoms with Crippen molar-refractivity contribution in [2.75, 3.05) is 18.4 Å². The summed E-state index contributed by atoms with van der Waals surface area (Å²) in [6.45, 7) is 5.65. The van der Waals surface area contributed by atoms with E-state index < -0.39 is 12.2 Å². The van der Waals surface area contributed by atoms with Crippen LogP contribution in [0.25, 0.3) is 10.8 Å². The molecule has 2 aromatic carbocycles. The van der Waals surface area contributed by atoms with Crippen LogP contribution in [0, 0.1) is 23.2 Å². The second-order valence-corrected chi connectivity index (χ2v) is 10.2. The highest BCUT2D eigenvalue weighted by Crippen LogP contribution is 2.31. The highest BCUT2D eigenvalue weighted by molar-refractivity contribution is 5.92. The maximum atomic E-state index is 13.9. The van der Waals surface area contributed by atoms with Gasteiger partial charge in [-0.2, -0.15) is 5.26 Å². The van der Waals surface area contributed by atoms with Crippen molar-refractivity contribution in [3.05, 3.63) is 42.5 Å². The summed E-state index contributed by atoms with van der Waals surface area (Å²) in [6, 6.07) is 16.1. The largest absolute Gasteiger partial charge is 0.436 e. The number of fused-ring (bicyclic) bond motifs is 1. The number of amides is 2. The molecule has 7 heteroatoms. The minimum atomic E-state index is -0.862. The van der Waals surface area contributed by atoms with Gasteiger partial charge in [0, 0.05) is 30.2 Å². The molecule has 7 nitrogen and oxygen atoms in total. The summed E-state index contributed by atoms with van der Waals surface area (Å²) in [7, 11) is 0. The third-order valence-electron chi connectivity index (χ3n) is 7.11. The number of nitrogens with zero attached hydrogens (tertiary/aromatic N) is 2. The van der Waals surface area contributed by atoms with Crippen molar-refractivity contribution in [2.45, 2.75) is 70.6 Å². The summed E-state index contributed by atoms with van der Waals surface area (Å²) >= 11 is 0. The van der Waals surface area contributed by atoms with Crippen LogP contribution in [0.1, 0.15) is 52.4 Å². The number of ether oxygens (including phenoxy) is 1. The van der Waals surface area contributed by atoms with Crippen molar-refractivity contribution in [1.82, 2.24) is 10.2 Å². The van der Waals surface area contributed by atoms with Crippen LogP contribution in [0.5, 0.6) is 0 Å². The molecule has 0 bridgehead atoms. The third kappa shape index (κ3) is 6.32. The Kier molecular flexibility index (Phi) is 8.25. The summed E-state index contributed by atoms with van der Waals surface area (Å²) in [5.41, 5.74) is 0.630. The fraction of sp³-hybridized carbons (Fsp3) is 0.536. The molecule has 2 aromatic rings. The first-order valence-corrected chi connectivity index (χ1v) is 12.8. The van der Waals surface area contributed by atoms with E-state index in [0.29, 0.717) is 18.5 Å². The SMILES string of the molecule is CC(C)CC(OC(=O)Nc1ccc2ccccc2c1)C(=O)N(C1CCNC1)C1CCCC(C#N)C1. The average molecular weight is 477 g/mol. The summed E-state index contributed by atoms with van der Waals surface area (Å²) < 4.78 is 5.80. The van der Waals surface area contributed by atoms with Crippen LogP contribution < -0.4 is 10.6 Å². The fourth-order valence-electron chi connectivity index (χ4n) is 5.41. The molecule has 1 saturated carbocycles. The van der Waals surface area contributed by atoms with Crippen molar-refractivity contribution in [2.24, 2.45) is 11.8 Å². The zero-order valence-corrected chi connectivity index (χ0v) is 20.7. The molecule has 186 valence electrons. The first-order valence-electron chi connectivity index (χ1n) is 12.8. The molecular weight excluding hydrogens is 440 g/mol. The first-order chi connectivity index (χ1) is 16.9. The van der Waals surface area contributed by atoms with Gasteiger partial charge in [0.1, 0.15) is 0 Å². The molecule has 4 unspecified atom stereocenters. The number of carbonyl (C=O) groups excluding carboxylic acids is 2. The predicted octanol–water partition coefficient (Wildman–Crippen LogP) is 5.08. The van der Waals surface area contributed by atoms with Crippen molar-refractivity contribution in [3.63, 3.8) is 0 Å². The normalized spacial score (nSPS) is 23.0. The van der Waals surface area contributed by atoms with Gasteiger partial charge >= 0.3 is 6.09 Å². The van der Waals surface area contributed by atoms with Gasteiger partial charge in [0.25, 0.3) is 5.91 Å². The fourth-order valence-corrected chi connectivity index (χ4v) is 5.41. The van der Waals surface area contributed by atoms with Gasteiger partial charge in [-0.25, -0.2) is 4.79 Å². The molecule has 1 heterocycles. The number of benzene rings is 2. The number of hydrogen-bond acceptors (Lipinski definition) is 5. The lowest BCUT2D eigenvalue weighted by molar-refractivity contribution is -0.147. The van der Waals surface area contributed by atoms with Crippen molar-refractivity contribution in [1.29, 1.82) is 5.26 Å². The van der Waals surface area contributed by atoms with Crippen LogP contribution in [-0.2, 0) is 9.53 Å². The summed E-state index contributed by atoms with van der Waals surface area (Å²) in [6.07, 6.45) is 3.24. The van der Waals surface area contributed by atoms with Crippen molar-refractivity contribution in [3.8, 4) is 6.07 Å². The Labute approximate surface area is 207 Å². The number of carbonyl (C=O) groups is 2. The number of rotatable bonds is 7. The van der Waals surface area contributed by atoms with Crippen LogP contribution in [0.2, 0.25) is 0 Å². The Morgan fingerprint density at radius 1 is 1.14 bits per heavy atom. The van der Waals surface area contributed by atoms with Gasteiger partial charge in [-0.3, -0.25) is 10.1 Å². The minimum absolute atomic E-state index is 0.00705. The number of nitrogens with one attached hydrogen (secondary N) is 2. The minimum Gasteiger partial charge on any atom is -0.436 e. The lowest BCUT2D eigenvalue weighted by atomic mass is 9.84. The smallest absolute Gasteiger partial charge is 0.412 e. The summed E-state index contributed by atoms with van der Waals surface area (Å²) in [4.78, 5) is 28.8. The Balaban J connectivity index is 1.51. The molecule has 2 N–H and O–H groups in total. The Hall–Kier alpha value is -3.11. The van der Waals surface area contributed by atoms with E-state index in [0.717, 1.165) is 49.5 Å². The molecule has 0 aromatic heterocycles. The lowest BCUT2D eigenvalue weighted by Crippen LogP contribution is -2.54. The molecule has 4 rings (SSSR count). The molecular formula is C28H36N4O3. The van der Waals surface area contributed by atoms with E-state index in [1.54, 1.807) is 0 Å². The molecule has 0 spiro atoms. The third-order valence-corrected chi connectivity index (χ3v) is 7.11. The monoisotopic (exact) mass is 476 g/mol. The van der Waals surface area contributed by atoms with E-state index in [1.807, 2.05) is 61.2 Å². The molecule has 35 heavy (non-hydrogen) atoms. The van der Waals surface area contributed by atoms with Gasteiger partial charge in [0.15, 0.2) is 6.10 Å². The molecule has 1 saturated heterocycles. The highest BCUT2D eigenvalue weighted by Gasteiger charge is 2.39. The van der Waals surface area contributed by atoms with Gasteiger partial charge in [-0.15, -0.1) is 0 Å². The molecule has 2 aliphatic rings. The molecule has 2 fully saturated rings. The van der Waals surface area contributed by atoms with Crippen LogP contribution >= 0.6 is 0 Å². The molecule has 1 aliphatic heterocycles. The highest BCUT2D eigenvalue weighted by atomic mass is 16.6. The van der Waals surface area contributed by atoms with E-state index in [4.69, 9.17) is 4.74 Å². The van der Waals surface area contributed by atoms with Gasteiger partial charge in [0.05, 0.1) is 6.07 Å². The molecule has 0 radical (unpaired) electrons. The number of anilines is 1. The Bertz CT molecular complexity index is 1070. The maximum Gasteiger partial charge on any atom is 0.412 e. The summed E-state index contributed by atoms with van der Waals surface area (Å²) in [5, 5.41) is 17.8. The standard InChI is InChI=1S/C28H36N4O3/c1-19(2)14-26(35-28(34)31-23-11-10-21-7-3-4-8-22(21)16-23)27(33)32(25-12-13-30-18-25)24-9-5-6-20(15-24)17-29/h3-4,7-8,10-11,16,19-20,24-26,30H,5-6,9,12-15,18H2,1-2H3,(H,31,34). The first kappa shape index (κ1) is 25.0. The van der Waals surface area contributed by atoms with Gasteiger partial charge in [-0.1, -0.05) is 50.6 Å². The topological polar surface area (TPSA) is 94.5 Å². The van der Waals surface area contributed by atoms with E-state index >= 15 is 0 Å². The Morgan fingerprint density at radius 3 is 2.66 bits per heavy atom. The van der Waals surface area contributed by atoms with E-state index in [-0.39, 0.29) is 29.8 Å². The van der Waals surface area contributed by atoms with Crippen molar-refractivity contribution >= 4 is 28.5 Å². The van der Waals surface area contributed by atoms with Crippen LogP contribution in [0.4, 0.5) is 10.5 Å². The van der Waals surface area contributed by atoms with E-state index in [2.05, 4.69) is 16.7 Å². The van der Waals surface area contributed by atoms with E-state index in [9.17, 15) is 14.9 Å². The van der Waals surface area contributed by atoms with Gasteiger partial charge in [0.2, 0.25) is 0 Å². The Morgan fingerprint density at radius 2 is 1.94 bits per heavy atom. The molecule has 1 aliphatic carbocycles. The van der Waals surface area contributed by atoms with Crippen LogP contribution in [0.15, 0.2) is 42.5 Å². The average Bonchev–Trinajstić information content (AvgIpc) is 3.38. The van der Waals surface area contributed by atoms with Crippen LogP contribution in [0.3, 0.4) is 0 Å². The second-order valence-electron chi connectivity index (χ2n) is 10.2. The summed E-state index contributed by atoms with van der Waals surface area (Å²) in [5.74, 6) is 0.0166. The second kappa shape index (κ2) is 11.5. The molecule has 2 amide bonds. The van der Waals surface area contributed by atoms with Gasteiger partial charge < -0.3 is 15.0 Å². The zero-order chi connectivity index (χ0) is 24.8. The van der Waals surface area contributed by atoms with Gasteiger partial charge in [-0.05, 0) is 67.5 Å². The van der Waals surface area contributed by atoms with E-state index in [1.165, 1.54) is 0 Å². The van der Waals surface area contributed by atoms with Crippen LogP contribution in [-0.4, -0.2) is 48.2 Å². The number of hydrogen-bond donors (Lipinski definition) is 2. The predicted molar refractivity (Wildman–Crippen MR) is 137 cm³/mol. The van der Waals surface area contributed by atoms with Crippen molar-refractivity contribution < 1.29 is 14.3 Å².